The summed E-state index contributed by atoms with van der Waals surface area (Å²) in [5, 5.41) is 3.91. The molecule has 0 spiro atoms. The fourth-order valence-corrected chi connectivity index (χ4v) is 4.21. The lowest BCUT2D eigenvalue weighted by molar-refractivity contribution is 0.332. The number of rotatable bonds is 6. The zero-order valence-corrected chi connectivity index (χ0v) is 13.9. The lowest BCUT2D eigenvalue weighted by Crippen LogP contribution is -2.23. The molecular weight excluding hydrogens is 317 g/mol. The Kier molecular flexibility index (Phi) is 5.83. The van der Waals surface area contributed by atoms with Gasteiger partial charge < -0.3 is 4.52 Å². The third kappa shape index (κ3) is 4.00. The first-order valence-corrected chi connectivity index (χ1v) is 8.89. The highest BCUT2D eigenvalue weighted by Crippen LogP contribution is 2.43. The summed E-state index contributed by atoms with van der Waals surface area (Å²) in [6.07, 6.45) is 5.50. The van der Waals surface area contributed by atoms with E-state index in [1.165, 1.54) is 0 Å². The fraction of sp³-hybridized carbons (Fsp3) is 0.176. The van der Waals surface area contributed by atoms with Gasteiger partial charge in [0.1, 0.15) is 0 Å². The van der Waals surface area contributed by atoms with E-state index in [4.69, 9.17) is 22.5 Å². The fourth-order valence-electron chi connectivity index (χ4n) is 2.04. The van der Waals surface area contributed by atoms with Crippen LogP contribution in [0.3, 0.4) is 0 Å². The molecule has 5 heteroatoms. The second-order valence-electron chi connectivity index (χ2n) is 4.60. The smallest absolute Gasteiger partial charge is 0.301 e. The van der Waals surface area contributed by atoms with Crippen LogP contribution in [0, 0.1) is 12.3 Å². The summed E-state index contributed by atoms with van der Waals surface area (Å²) in [6.45, 7) is 2.50. The summed E-state index contributed by atoms with van der Waals surface area (Å²) >= 11 is 6.02. The van der Waals surface area contributed by atoms with Gasteiger partial charge in [0.25, 0.3) is 0 Å². The molecule has 1 unspecified atom stereocenters. The van der Waals surface area contributed by atoms with Crippen molar-refractivity contribution in [3.63, 3.8) is 0 Å². The highest BCUT2D eigenvalue weighted by molar-refractivity contribution is 7.65. The van der Waals surface area contributed by atoms with Crippen molar-refractivity contribution >= 4 is 24.4 Å². The minimum atomic E-state index is -3.30. The van der Waals surface area contributed by atoms with Gasteiger partial charge >= 0.3 is 7.52 Å². The van der Waals surface area contributed by atoms with Crippen molar-refractivity contribution in [3.8, 4) is 12.3 Å². The van der Waals surface area contributed by atoms with Crippen molar-refractivity contribution in [2.24, 2.45) is 0 Å². The van der Waals surface area contributed by atoms with Crippen molar-refractivity contribution in [1.82, 2.24) is 5.09 Å². The Morgan fingerprint density at radius 1 is 1.27 bits per heavy atom. The van der Waals surface area contributed by atoms with E-state index < -0.39 is 7.52 Å². The predicted octanol–water partition coefficient (Wildman–Crippen LogP) is 3.97. The number of hydrogen-bond donors (Lipinski definition) is 1. The lowest BCUT2D eigenvalue weighted by atomic mass is 10.2. The number of hydrogen-bond acceptors (Lipinski definition) is 2. The van der Waals surface area contributed by atoms with E-state index in [-0.39, 0.29) is 0 Å². The summed E-state index contributed by atoms with van der Waals surface area (Å²) in [6, 6.07) is 14.6. The minimum absolute atomic E-state index is 0.301. The summed E-state index contributed by atoms with van der Waals surface area (Å²) in [5.41, 5.74) is 1.52. The van der Waals surface area contributed by atoms with Crippen LogP contribution >= 0.6 is 19.1 Å². The molecule has 3 nitrogen and oxygen atoms in total. The molecule has 0 bridgehead atoms. The van der Waals surface area contributed by atoms with Crippen molar-refractivity contribution in [3.05, 3.63) is 64.7 Å². The summed E-state index contributed by atoms with van der Waals surface area (Å²) in [7, 11) is -3.30. The molecule has 0 aliphatic carbocycles. The summed E-state index contributed by atoms with van der Waals surface area (Å²) < 4.78 is 18.8. The number of benzene rings is 2. The zero-order valence-electron chi connectivity index (χ0n) is 12.3. The van der Waals surface area contributed by atoms with Gasteiger partial charge in [0.15, 0.2) is 0 Å². The molecule has 0 aromatic heterocycles. The molecule has 114 valence electrons. The first kappa shape index (κ1) is 16.8. The normalized spacial score (nSPS) is 13.3. The highest BCUT2D eigenvalue weighted by Gasteiger charge is 2.28. The zero-order chi connectivity index (χ0) is 16.0. The number of terminal acetylenes is 1. The van der Waals surface area contributed by atoms with E-state index in [9.17, 15) is 4.57 Å². The van der Waals surface area contributed by atoms with Crippen LogP contribution in [-0.2, 0) is 15.6 Å². The van der Waals surface area contributed by atoms with E-state index in [1.54, 1.807) is 25.1 Å². The average Bonchev–Trinajstić information content (AvgIpc) is 2.54. The van der Waals surface area contributed by atoms with Gasteiger partial charge in [0, 0.05) is 17.1 Å². The van der Waals surface area contributed by atoms with E-state index in [0.29, 0.717) is 29.0 Å². The van der Waals surface area contributed by atoms with Gasteiger partial charge in [-0.2, -0.15) is 0 Å². The third-order valence-electron chi connectivity index (χ3n) is 3.08. The monoisotopic (exact) mass is 333 g/mol. The van der Waals surface area contributed by atoms with Gasteiger partial charge in [-0.3, -0.25) is 4.57 Å². The van der Waals surface area contributed by atoms with Crippen molar-refractivity contribution in [1.29, 1.82) is 0 Å². The Hall–Kier alpha value is -1.56. The van der Waals surface area contributed by atoms with Gasteiger partial charge in [0.05, 0.1) is 11.9 Å². The Morgan fingerprint density at radius 3 is 2.64 bits per heavy atom. The maximum absolute atomic E-state index is 13.2. The summed E-state index contributed by atoms with van der Waals surface area (Å²) in [4.78, 5) is 0. The predicted molar refractivity (Wildman–Crippen MR) is 91.5 cm³/mol. The van der Waals surface area contributed by atoms with Gasteiger partial charge in [-0.15, -0.1) is 6.42 Å². The molecule has 2 aromatic carbocycles. The van der Waals surface area contributed by atoms with Crippen LogP contribution in [0.1, 0.15) is 18.1 Å². The minimum Gasteiger partial charge on any atom is -0.315 e. The maximum atomic E-state index is 13.2. The molecular formula is C17H17ClNO2P. The van der Waals surface area contributed by atoms with Crippen LogP contribution < -0.4 is 10.4 Å². The highest BCUT2D eigenvalue weighted by atomic mass is 35.5. The first-order chi connectivity index (χ1) is 10.6. The van der Waals surface area contributed by atoms with E-state index >= 15 is 0 Å². The van der Waals surface area contributed by atoms with Crippen LogP contribution in [0.4, 0.5) is 0 Å². The molecule has 0 aliphatic rings. The molecule has 1 N–H and O–H groups in total. The molecule has 0 fully saturated rings. The van der Waals surface area contributed by atoms with Gasteiger partial charge in [-0.05, 0) is 30.7 Å². The van der Waals surface area contributed by atoms with Gasteiger partial charge in [-0.1, -0.05) is 47.9 Å². The Bertz CT molecular complexity index is 725. The van der Waals surface area contributed by atoms with Crippen molar-refractivity contribution in [2.75, 3.05) is 6.61 Å². The standard InChI is InChI=1S/C17H17ClNO2P/c1-3-15-10-11-16(18)12-17(15)22(20,21-4-2)19-13-14-8-6-5-7-9-14/h1,5-12H,4,13H2,2H3,(H,19,20). The second-order valence-corrected chi connectivity index (χ2v) is 7.19. The largest absolute Gasteiger partial charge is 0.315 e. The molecule has 0 heterocycles. The Morgan fingerprint density at radius 2 is 2.00 bits per heavy atom. The van der Waals surface area contributed by atoms with E-state index in [0.717, 1.165) is 5.56 Å². The van der Waals surface area contributed by atoms with Crippen LogP contribution in [-0.4, -0.2) is 6.61 Å². The quantitative estimate of drug-likeness (QED) is 0.642. The molecule has 2 aromatic rings. The first-order valence-electron chi connectivity index (χ1n) is 6.89. The van der Waals surface area contributed by atoms with E-state index in [2.05, 4.69) is 11.0 Å². The molecule has 1 atom stereocenters. The number of halogens is 1. The van der Waals surface area contributed by atoms with Crippen LogP contribution in [0.25, 0.3) is 0 Å². The van der Waals surface area contributed by atoms with Crippen LogP contribution in [0.15, 0.2) is 48.5 Å². The topological polar surface area (TPSA) is 38.3 Å². The molecule has 2 rings (SSSR count). The Balaban J connectivity index is 2.34. The third-order valence-corrected chi connectivity index (χ3v) is 5.51. The molecule has 0 amide bonds. The van der Waals surface area contributed by atoms with Crippen LogP contribution in [0.5, 0.6) is 0 Å². The maximum Gasteiger partial charge on any atom is 0.301 e. The van der Waals surface area contributed by atoms with E-state index in [1.807, 2.05) is 30.3 Å². The van der Waals surface area contributed by atoms with Crippen LogP contribution in [0.2, 0.25) is 5.02 Å². The number of nitrogens with one attached hydrogen (secondary N) is 1. The average molecular weight is 334 g/mol. The molecule has 22 heavy (non-hydrogen) atoms. The SMILES string of the molecule is C#Cc1ccc(Cl)cc1P(=O)(NCc1ccccc1)OCC. The van der Waals surface area contributed by atoms with Crippen molar-refractivity contribution in [2.45, 2.75) is 13.5 Å². The van der Waals surface area contributed by atoms with Gasteiger partial charge in [0.2, 0.25) is 0 Å². The molecule has 0 saturated carbocycles. The van der Waals surface area contributed by atoms with Gasteiger partial charge in [-0.25, -0.2) is 5.09 Å². The second kappa shape index (κ2) is 7.63. The summed E-state index contributed by atoms with van der Waals surface area (Å²) in [5.74, 6) is 2.53. The van der Waals surface area contributed by atoms with Crippen molar-refractivity contribution < 1.29 is 9.09 Å². The Labute approximate surface area is 136 Å². The molecule has 0 aliphatic heterocycles. The molecule has 0 saturated heterocycles. The molecule has 0 radical (unpaired) electrons. The lowest BCUT2D eigenvalue weighted by Gasteiger charge is -2.21.